The van der Waals surface area contributed by atoms with E-state index in [1.807, 2.05) is 11.8 Å². The SMILES string of the molecule is CCCNC(=O)C1=NO[C@@]2(CCCN(Cc3ncc(C(F)(F)F)[nH]3)C2)C1. The summed E-state index contributed by atoms with van der Waals surface area (Å²) in [6.07, 6.45) is -0.819. The van der Waals surface area contributed by atoms with Gasteiger partial charge < -0.3 is 15.1 Å². The summed E-state index contributed by atoms with van der Waals surface area (Å²) in [6, 6.07) is 0. The minimum absolute atomic E-state index is 0.221. The molecule has 0 saturated carbocycles. The summed E-state index contributed by atoms with van der Waals surface area (Å²) in [5, 5.41) is 6.73. The highest BCUT2D eigenvalue weighted by Gasteiger charge is 2.44. The summed E-state index contributed by atoms with van der Waals surface area (Å²) in [5.74, 6) is 0.0379. The number of aromatic amines is 1. The van der Waals surface area contributed by atoms with Crippen LogP contribution in [0.1, 0.15) is 44.1 Å². The number of imidazole rings is 1. The first-order valence-corrected chi connectivity index (χ1v) is 8.68. The van der Waals surface area contributed by atoms with E-state index < -0.39 is 17.5 Å². The lowest BCUT2D eigenvalue weighted by atomic mass is 9.88. The molecule has 3 heterocycles. The van der Waals surface area contributed by atoms with Crippen molar-refractivity contribution in [1.82, 2.24) is 20.2 Å². The molecule has 1 saturated heterocycles. The summed E-state index contributed by atoms with van der Waals surface area (Å²) >= 11 is 0. The third kappa shape index (κ3) is 4.17. The van der Waals surface area contributed by atoms with Crippen LogP contribution in [0.4, 0.5) is 13.2 Å². The lowest BCUT2D eigenvalue weighted by molar-refractivity contribution is -0.141. The van der Waals surface area contributed by atoms with Crippen molar-refractivity contribution >= 4 is 11.6 Å². The number of piperidine rings is 1. The molecule has 1 amide bonds. The monoisotopic (exact) mass is 373 g/mol. The fourth-order valence-corrected chi connectivity index (χ4v) is 3.33. The van der Waals surface area contributed by atoms with Crippen LogP contribution in [0.15, 0.2) is 11.4 Å². The highest BCUT2D eigenvalue weighted by Crippen LogP contribution is 2.34. The molecule has 10 heteroatoms. The van der Waals surface area contributed by atoms with Crippen LogP contribution in [0.2, 0.25) is 0 Å². The van der Waals surface area contributed by atoms with Gasteiger partial charge in [0.25, 0.3) is 5.91 Å². The van der Waals surface area contributed by atoms with Gasteiger partial charge in [0, 0.05) is 19.5 Å². The normalized spacial score (nSPS) is 23.8. The van der Waals surface area contributed by atoms with Crippen LogP contribution < -0.4 is 5.32 Å². The Morgan fingerprint density at radius 2 is 2.31 bits per heavy atom. The number of aromatic nitrogens is 2. The number of carbonyl (C=O) groups is 1. The number of hydrogen-bond donors (Lipinski definition) is 2. The fourth-order valence-electron chi connectivity index (χ4n) is 3.33. The summed E-state index contributed by atoms with van der Waals surface area (Å²) in [4.78, 5) is 25.8. The molecule has 1 spiro atoms. The molecule has 0 bridgehead atoms. The molecule has 2 aliphatic rings. The number of oxime groups is 1. The number of alkyl halides is 3. The molecule has 1 aromatic heterocycles. The zero-order valence-electron chi connectivity index (χ0n) is 14.5. The largest absolute Gasteiger partial charge is 0.432 e. The van der Waals surface area contributed by atoms with E-state index in [2.05, 4.69) is 20.4 Å². The maximum absolute atomic E-state index is 12.7. The lowest BCUT2D eigenvalue weighted by Crippen LogP contribution is -2.48. The molecule has 7 nitrogen and oxygen atoms in total. The lowest BCUT2D eigenvalue weighted by Gasteiger charge is -2.37. The van der Waals surface area contributed by atoms with Gasteiger partial charge in [-0.05, 0) is 25.8 Å². The molecule has 1 aromatic rings. The van der Waals surface area contributed by atoms with E-state index in [-0.39, 0.29) is 18.3 Å². The number of carbonyl (C=O) groups excluding carboxylic acids is 1. The fraction of sp³-hybridized carbons (Fsp3) is 0.688. The average molecular weight is 373 g/mol. The number of H-pyrrole nitrogens is 1. The van der Waals surface area contributed by atoms with Crippen LogP contribution >= 0.6 is 0 Å². The number of hydrogen-bond acceptors (Lipinski definition) is 5. The Bertz CT molecular complexity index is 688. The van der Waals surface area contributed by atoms with Crippen molar-refractivity contribution in [3.05, 3.63) is 17.7 Å². The molecule has 0 unspecified atom stereocenters. The molecule has 0 aliphatic carbocycles. The topological polar surface area (TPSA) is 82.6 Å². The van der Waals surface area contributed by atoms with Gasteiger partial charge in [-0.1, -0.05) is 12.1 Å². The van der Waals surface area contributed by atoms with Gasteiger partial charge in [0.1, 0.15) is 17.2 Å². The Morgan fingerprint density at radius 1 is 1.50 bits per heavy atom. The minimum Gasteiger partial charge on any atom is -0.387 e. The van der Waals surface area contributed by atoms with Crippen LogP contribution in [0.25, 0.3) is 0 Å². The summed E-state index contributed by atoms with van der Waals surface area (Å²) in [7, 11) is 0. The van der Waals surface area contributed by atoms with Crippen LogP contribution in [0.5, 0.6) is 0 Å². The molecule has 2 aliphatic heterocycles. The third-order valence-electron chi connectivity index (χ3n) is 4.56. The van der Waals surface area contributed by atoms with Gasteiger partial charge in [-0.3, -0.25) is 9.69 Å². The first-order chi connectivity index (χ1) is 12.3. The van der Waals surface area contributed by atoms with Gasteiger partial charge >= 0.3 is 6.18 Å². The average Bonchev–Trinajstić information content (AvgIpc) is 3.20. The second kappa shape index (κ2) is 7.26. The predicted molar refractivity (Wildman–Crippen MR) is 87.3 cm³/mol. The summed E-state index contributed by atoms with van der Waals surface area (Å²) in [6.45, 7) is 4.02. The Hall–Kier alpha value is -2.10. The molecular formula is C16H22F3N5O2. The molecule has 26 heavy (non-hydrogen) atoms. The second-order valence-electron chi connectivity index (χ2n) is 6.80. The van der Waals surface area contributed by atoms with Crippen molar-refractivity contribution in [2.24, 2.45) is 5.16 Å². The van der Waals surface area contributed by atoms with E-state index in [9.17, 15) is 18.0 Å². The number of nitrogens with zero attached hydrogens (tertiary/aromatic N) is 3. The van der Waals surface area contributed by atoms with Gasteiger partial charge in [0.05, 0.1) is 12.7 Å². The quantitative estimate of drug-likeness (QED) is 0.828. The van der Waals surface area contributed by atoms with Crippen molar-refractivity contribution < 1.29 is 22.8 Å². The predicted octanol–water partition coefficient (Wildman–Crippen LogP) is 2.07. The molecule has 144 valence electrons. The van der Waals surface area contributed by atoms with Gasteiger partial charge in [-0.2, -0.15) is 13.2 Å². The van der Waals surface area contributed by atoms with E-state index in [0.29, 0.717) is 25.2 Å². The van der Waals surface area contributed by atoms with Gasteiger partial charge in [0.15, 0.2) is 5.60 Å². The molecule has 1 atom stereocenters. The number of likely N-dealkylation sites (tertiary alicyclic amines) is 1. The van der Waals surface area contributed by atoms with Crippen molar-refractivity contribution in [2.45, 2.75) is 50.9 Å². The van der Waals surface area contributed by atoms with Crippen LogP contribution in [-0.2, 0) is 22.4 Å². The third-order valence-corrected chi connectivity index (χ3v) is 4.56. The van der Waals surface area contributed by atoms with Gasteiger partial charge in [-0.15, -0.1) is 0 Å². The van der Waals surface area contributed by atoms with E-state index in [0.717, 1.165) is 32.0 Å². The Morgan fingerprint density at radius 3 is 3.00 bits per heavy atom. The van der Waals surface area contributed by atoms with E-state index in [1.165, 1.54) is 0 Å². The number of nitrogens with one attached hydrogen (secondary N) is 2. The Kier molecular flexibility index (Phi) is 5.22. The number of halogens is 3. The first kappa shape index (κ1) is 18.7. The molecule has 3 rings (SSSR count). The van der Waals surface area contributed by atoms with Crippen molar-refractivity contribution in [2.75, 3.05) is 19.6 Å². The van der Waals surface area contributed by atoms with E-state index >= 15 is 0 Å². The minimum atomic E-state index is -4.43. The van der Waals surface area contributed by atoms with Gasteiger partial charge in [-0.25, -0.2) is 4.98 Å². The summed E-state index contributed by atoms with van der Waals surface area (Å²) < 4.78 is 38.0. The summed E-state index contributed by atoms with van der Waals surface area (Å²) in [5.41, 5.74) is -1.07. The molecular weight excluding hydrogens is 351 g/mol. The van der Waals surface area contributed by atoms with Gasteiger partial charge in [0.2, 0.25) is 0 Å². The van der Waals surface area contributed by atoms with Crippen LogP contribution in [0, 0.1) is 0 Å². The smallest absolute Gasteiger partial charge is 0.387 e. The molecule has 1 fully saturated rings. The molecule has 2 N–H and O–H groups in total. The number of amides is 1. The zero-order valence-corrected chi connectivity index (χ0v) is 14.5. The Balaban J connectivity index is 1.58. The molecule has 0 aromatic carbocycles. The van der Waals surface area contributed by atoms with E-state index in [1.54, 1.807) is 0 Å². The van der Waals surface area contributed by atoms with Crippen molar-refractivity contribution in [3.63, 3.8) is 0 Å². The van der Waals surface area contributed by atoms with Crippen molar-refractivity contribution in [1.29, 1.82) is 0 Å². The zero-order chi connectivity index (χ0) is 18.8. The molecule has 0 radical (unpaired) electrons. The first-order valence-electron chi connectivity index (χ1n) is 8.68. The second-order valence-corrected chi connectivity index (χ2v) is 6.80. The standard InChI is InChI=1S/C16H22F3N5O2/c1-2-5-20-14(25)11-7-15(26-23-11)4-3-6-24(10-15)9-13-21-8-12(22-13)16(17,18)19/h8H,2-7,9-10H2,1H3,(H,20,25)(H,21,22)/t15-/m0/s1. The van der Waals surface area contributed by atoms with Crippen molar-refractivity contribution in [3.8, 4) is 0 Å². The highest BCUT2D eigenvalue weighted by molar-refractivity contribution is 6.39. The Labute approximate surface area is 149 Å². The highest BCUT2D eigenvalue weighted by atomic mass is 19.4. The van der Waals surface area contributed by atoms with Crippen LogP contribution in [0.3, 0.4) is 0 Å². The maximum Gasteiger partial charge on any atom is 0.432 e. The number of rotatable bonds is 5. The van der Waals surface area contributed by atoms with Crippen LogP contribution in [-0.4, -0.2) is 51.7 Å². The van der Waals surface area contributed by atoms with E-state index in [4.69, 9.17) is 4.84 Å². The maximum atomic E-state index is 12.7.